The lowest BCUT2D eigenvalue weighted by atomic mass is 9.91. The molecule has 2 amide bonds. The molecule has 61 heavy (non-hydrogen) atoms. The molecule has 2 N–H and O–H groups in total. The Morgan fingerprint density at radius 2 is 1.61 bits per heavy atom. The van der Waals surface area contributed by atoms with E-state index in [9.17, 15) is 19.5 Å². The summed E-state index contributed by atoms with van der Waals surface area (Å²) in [4.78, 5) is 47.4. The van der Waals surface area contributed by atoms with Gasteiger partial charge in [-0.25, -0.2) is 9.78 Å². The van der Waals surface area contributed by atoms with Crippen LogP contribution in [0.4, 0.5) is 0 Å². The summed E-state index contributed by atoms with van der Waals surface area (Å²) in [6.07, 6.45) is -0.274. The topological polar surface area (TPSA) is 151 Å². The first-order valence-electron chi connectivity index (χ1n) is 19.4. The van der Waals surface area contributed by atoms with Crippen LogP contribution in [0.3, 0.4) is 0 Å². The number of benzene rings is 5. The van der Waals surface area contributed by atoms with Crippen LogP contribution in [0, 0.1) is 25.2 Å². The number of thiazole rings is 1. The standard InChI is InChI=1S/C47H38Cl2N4O7S/c1-26-44(61-27(2)51-26)46(55)53-23-35-21-42-41(59-25-43(60-42)33-12-14-36(15-13-33)58-24-30-7-16-37(48)38(49)17-30)20-34(35)19-40(53)45(54)52-39(47(56)57)18-28-3-8-31(9-4-28)32-10-5-29(22-50)6-11-32/h3-17,20-21,39-40,43H,18-19,23-25H2,1-2H3,(H,52,54)(H,56,57)/t39-,40?,43+/m0/s1. The van der Waals surface area contributed by atoms with Crippen LogP contribution >= 0.6 is 34.5 Å². The van der Waals surface area contributed by atoms with E-state index in [0.29, 0.717) is 60.6 Å². The number of carbonyl (C=O) groups is 3. The highest BCUT2D eigenvalue weighted by Gasteiger charge is 2.39. The molecule has 0 bridgehead atoms. The zero-order valence-corrected chi connectivity index (χ0v) is 35.3. The molecule has 3 heterocycles. The summed E-state index contributed by atoms with van der Waals surface area (Å²) in [7, 11) is 0. The minimum absolute atomic E-state index is 0.0213. The van der Waals surface area contributed by atoms with Crippen molar-refractivity contribution in [3.8, 4) is 34.4 Å². The van der Waals surface area contributed by atoms with Gasteiger partial charge in [0.05, 0.1) is 32.4 Å². The van der Waals surface area contributed by atoms with Gasteiger partial charge in [0.2, 0.25) is 5.91 Å². The Balaban J connectivity index is 0.986. The monoisotopic (exact) mass is 872 g/mol. The highest BCUT2D eigenvalue weighted by atomic mass is 35.5. The largest absolute Gasteiger partial charge is 0.489 e. The van der Waals surface area contributed by atoms with E-state index in [4.69, 9.17) is 42.7 Å². The number of aliphatic carboxylic acids is 1. The first-order chi connectivity index (χ1) is 29.4. The van der Waals surface area contributed by atoms with Gasteiger partial charge in [0.25, 0.3) is 5.91 Å². The van der Waals surface area contributed by atoms with E-state index in [2.05, 4.69) is 16.4 Å². The van der Waals surface area contributed by atoms with Crippen LogP contribution in [0.15, 0.2) is 103 Å². The maximum Gasteiger partial charge on any atom is 0.326 e. The molecule has 0 fully saturated rings. The number of aromatic nitrogens is 1. The molecule has 1 unspecified atom stereocenters. The van der Waals surface area contributed by atoms with Gasteiger partial charge < -0.3 is 29.5 Å². The van der Waals surface area contributed by atoms with Crippen LogP contribution in [0.1, 0.15) is 59.9 Å². The van der Waals surface area contributed by atoms with E-state index >= 15 is 0 Å². The Hall–Kier alpha value is -6.39. The molecule has 0 saturated carbocycles. The predicted octanol–water partition coefficient (Wildman–Crippen LogP) is 9.08. The van der Waals surface area contributed by atoms with E-state index in [-0.39, 0.29) is 31.9 Å². The first-order valence-corrected chi connectivity index (χ1v) is 21.0. The van der Waals surface area contributed by atoms with Gasteiger partial charge in [-0.1, -0.05) is 77.8 Å². The number of nitrogens with zero attached hydrogens (tertiary/aromatic N) is 3. The van der Waals surface area contributed by atoms with E-state index in [1.54, 1.807) is 31.2 Å². The van der Waals surface area contributed by atoms with Gasteiger partial charge in [0.1, 0.15) is 35.9 Å². The summed E-state index contributed by atoms with van der Waals surface area (Å²) < 4.78 is 18.6. The zero-order chi connectivity index (χ0) is 42.8. The highest BCUT2D eigenvalue weighted by Crippen LogP contribution is 2.41. The van der Waals surface area contributed by atoms with Crippen LogP contribution in [-0.2, 0) is 35.6 Å². The molecule has 8 rings (SSSR count). The molecule has 14 heteroatoms. The number of nitriles is 1. The van der Waals surface area contributed by atoms with Crippen molar-refractivity contribution in [1.29, 1.82) is 5.26 Å². The molecule has 0 spiro atoms. The van der Waals surface area contributed by atoms with Crippen molar-refractivity contribution in [2.24, 2.45) is 0 Å². The Kier molecular flexibility index (Phi) is 12.0. The number of aryl methyl sites for hydroxylation is 2. The number of amides is 2. The Bertz CT molecular complexity index is 2680. The predicted molar refractivity (Wildman–Crippen MR) is 231 cm³/mol. The molecule has 1 aromatic heterocycles. The van der Waals surface area contributed by atoms with Gasteiger partial charge in [-0.2, -0.15) is 5.26 Å². The molecule has 0 aliphatic carbocycles. The molecule has 308 valence electrons. The summed E-state index contributed by atoms with van der Waals surface area (Å²) in [5.41, 5.74) is 6.96. The number of carboxylic acid groups (broad SMARTS) is 1. The van der Waals surface area contributed by atoms with Crippen LogP contribution in [-0.4, -0.2) is 51.5 Å². The second-order valence-electron chi connectivity index (χ2n) is 14.9. The Morgan fingerprint density at radius 3 is 2.26 bits per heavy atom. The van der Waals surface area contributed by atoms with Crippen molar-refractivity contribution < 1.29 is 33.7 Å². The van der Waals surface area contributed by atoms with Crippen molar-refractivity contribution in [3.05, 3.63) is 162 Å². The maximum atomic E-state index is 14.3. The van der Waals surface area contributed by atoms with Crippen molar-refractivity contribution in [1.82, 2.24) is 15.2 Å². The molecule has 6 aromatic rings. The van der Waals surface area contributed by atoms with E-state index in [1.807, 2.05) is 85.8 Å². The van der Waals surface area contributed by atoms with Crippen molar-refractivity contribution in [3.63, 3.8) is 0 Å². The normalized spacial score (nSPS) is 15.9. The van der Waals surface area contributed by atoms with Crippen molar-refractivity contribution in [2.75, 3.05) is 6.61 Å². The lowest BCUT2D eigenvalue weighted by Gasteiger charge is -2.37. The molecule has 2 aliphatic rings. The highest BCUT2D eigenvalue weighted by molar-refractivity contribution is 7.13. The fraction of sp³-hybridized carbons (Fsp3) is 0.213. The van der Waals surface area contributed by atoms with Gasteiger partial charge in [-0.05, 0) is 101 Å². The van der Waals surface area contributed by atoms with Crippen molar-refractivity contribution in [2.45, 2.75) is 58.0 Å². The number of carboxylic acids is 1. The molecule has 11 nitrogen and oxygen atoms in total. The van der Waals surface area contributed by atoms with Crippen LogP contribution in [0.2, 0.25) is 10.0 Å². The van der Waals surface area contributed by atoms with Crippen molar-refractivity contribution >= 4 is 52.3 Å². The minimum Gasteiger partial charge on any atom is -0.489 e. The summed E-state index contributed by atoms with van der Waals surface area (Å²) in [5.74, 6) is -0.469. The first kappa shape index (κ1) is 41.3. The van der Waals surface area contributed by atoms with Gasteiger partial charge >= 0.3 is 5.97 Å². The third-order valence-electron chi connectivity index (χ3n) is 10.7. The molecule has 5 aromatic carbocycles. The third kappa shape index (κ3) is 9.20. The van der Waals surface area contributed by atoms with Gasteiger partial charge in [0, 0.05) is 19.4 Å². The van der Waals surface area contributed by atoms with E-state index in [1.165, 1.54) is 16.2 Å². The summed E-state index contributed by atoms with van der Waals surface area (Å²) in [6, 6.07) is 31.0. The maximum absolute atomic E-state index is 14.3. The van der Waals surface area contributed by atoms with Gasteiger partial charge in [0.15, 0.2) is 17.6 Å². The summed E-state index contributed by atoms with van der Waals surface area (Å²) >= 11 is 13.4. The van der Waals surface area contributed by atoms with Gasteiger partial charge in [-0.15, -0.1) is 11.3 Å². The molecular formula is C47H38Cl2N4O7S. The fourth-order valence-corrected chi connectivity index (χ4v) is 8.67. The number of hydrogen-bond acceptors (Lipinski definition) is 9. The van der Waals surface area contributed by atoms with Crippen LogP contribution < -0.4 is 19.5 Å². The number of hydrogen-bond donors (Lipinski definition) is 2. The molecule has 3 atom stereocenters. The fourth-order valence-electron chi connectivity index (χ4n) is 7.47. The third-order valence-corrected chi connectivity index (χ3v) is 12.5. The van der Waals surface area contributed by atoms with E-state index in [0.717, 1.165) is 33.4 Å². The quantitative estimate of drug-likeness (QED) is 0.130. The second-order valence-corrected chi connectivity index (χ2v) is 16.9. The average molecular weight is 874 g/mol. The second kappa shape index (κ2) is 17.7. The lowest BCUT2D eigenvalue weighted by Crippen LogP contribution is -2.55. The minimum atomic E-state index is -1.26. The van der Waals surface area contributed by atoms with Gasteiger partial charge in [-0.3, -0.25) is 9.59 Å². The SMILES string of the molecule is Cc1nc(C)c(C(=O)N2Cc3cc4c(cc3CC2C(=O)N[C@@H](Cc2ccc(-c3ccc(C#N)cc3)cc2)C(=O)O)OC[C@H](c2ccc(OCc3ccc(Cl)c(Cl)c3)cc2)O4)s1. The number of rotatable bonds is 11. The smallest absolute Gasteiger partial charge is 0.326 e. The zero-order valence-electron chi connectivity index (χ0n) is 33.0. The molecular weight excluding hydrogens is 836 g/mol. The number of halogens is 2. The Morgan fingerprint density at radius 1 is 0.918 bits per heavy atom. The van der Waals surface area contributed by atoms with Crippen LogP contribution in [0.5, 0.6) is 17.2 Å². The average Bonchev–Trinajstić information content (AvgIpc) is 3.62. The van der Waals surface area contributed by atoms with Crippen LogP contribution in [0.25, 0.3) is 11.1 Å². The molecule has 2 aliphatic heterocycles. The molecule has 0 saturated heterocycles. The Labute approximate surface area is 366 Å². The number of nitrogens with one attached hydrogen (secondary N) is 1. The molecule has 0 radical (unpaired) electrons. The lowest BCUT2D eigenvalue weighted by molar-refractivity contribution is -0.142. The summed E-state index contributed by atoms with van der Waals surface area (Å²) in [5, 5.41) is 23.8. The number of carbonyl (C=O) groups excluding carboxylic acids is 2. The number of ether oxygens (including phenoxy) is 3. The summed E-state index contributed by atoms with van der Waals surface area (Å²) in [6.45, 7) is 4.20. The number of fused-ring (bicyclic) bond motifs is 2. The van der Waals surface area contributed by atoms with E-state index < -0.39 is 30.1 Å².